The molecule has 7 nitrogen and oxygen atoms in total. The number of amides is 2. The molecule has 0 atom stereocenters. The Morgan fingerprint density at radius 1 is 1.12 bits per heavy atom. The van der Waals surface area contributed by atoms with Crippen molar-refractivity contribution >= 4 is 17.5 Å². The van der Waals surface area contributed by atoms with Gasteiger partial charge in [-0.15, -0.1) is 0 Å². The van der Waals surface area contributed by atoms with E-state index in [0.717, 1.165) is 5.56 Å². The first kappa shape index (κ1) is 19.2. The number of hydrogen-bond acceptors (Lipinski definition) is 5. The van der Waals surface area contributed by atoms with Crippen LogP contribution in [0.2, 0.25) is 0 Å². The number of ether oxygens (including phenoxy) is 2. The van der Waals surface area contributed by atoms with Crippen molar-refractivity contribution in [3.05, 3.63) is 48.3 Å². The maximum absolute atomic E-state index is 12.1. The first-order valence-corrected chi connectivity index (χ1v) is 8.21. The predicted molar refractivity (Wildman–Crippen MR) is 98.3 cm³/mol. The SMILES string of the molecule is COc1ccc(N(CCC(=O)NCc2ccncc2)C(C)=O)c(OC)c1. The first-order valence-electron chi connectivity index (χ1n) is 8.21. The second kappa shape index (κ2) is 9.41. The molecule has 0 aliphatic rings. The molecule has 0 saturated carbocycles. The van der Waals surface area contributed by atoms with Crippen molar-refractivity contribution in [2.45, 2.75) is 19.9 Å². The lowest BCUT2D eigenvalue weighted by atomic mass is 10.2. The summed E-state index contributed by atoms with van der Waals surface area (Å²) in [7, 11) is 3.09. The molecule has 0 bridgehead atoms. The van der Waals surface area contributed by atoms with Crippen LogP contribution in [0.15, 0.2) is 42.7 Å². The Bertz CT molecular complexity index is 750. The van der Waals surface area contributed by atoms with Gasteiger partial charge in [-0.3, -0.25) is 14.6 Å². The predicted octanol–water partition coefficient (Wildman–Crippen LogP) is 2.16. The molecule has 0 aliphatic heterocycles. The number of aromatic nitrogens is 1. The molecule has 1 aromatic heterocycles. The standard InChI is InChI=1S/C19H23N3O4/c1-14(23)22(17-5-4-16(25-2)12-18(17)26-3)11-8-19(24)21-13-15-6-9-20-10-7-15/h4-7,9-10,12H,8,11,13H2,1-3H3,(H,21,24). The lowest BCUT2D eigenvalue weighted by molar-refractivity contribution is -0.121. The van der Waals surface area contributed by atoms with Crippen molar-refractivity contribution in [1.29, 1.82) is 0 Å². The normalized spacial score (nSPS) is 10.1. The van der Waals surface area contributed by atoms with Gasteiger partial charge in [-0.25, -0.2) is 0 Å². The Morgan fingerprint density at radius 3 is 2.46 bits per heavy atom. The molecule has 26 heavy (non-hydrogen) atoms. The maximum Gasteiger partial charge on any atom is 0.223 e. The highest BCUT2D eigenvalue weighted by atomic mass is 16.5. The summed E-state index contributed by atoms with van der Waals surface area (Å²) < 4.78 is 10.5. The van der Waals surface area contributed by atoms with Crippen molar-refractivity contribution in [2.75, 3.05) is 25.7 Å². The number of nitrogens with zero attached hydrogens (tertiary/aromatic N) is 2. The smallest absolute Gasteiger partial charge is 0.223 e. The third-order valence-corrected chi connectivity index (χ3v) is 3.86. The summed E-state index contributed by atoms with van der Waals surface area (Å²) in [5, 5.41) is 2.84. The van der Waals surface area contributed by atoms with Crippen molar-refractivity contribution in [3.63, 3.8) is 0 Å². The molecule has 2 amide bonds. The van der Waals surface area contributed by atoms with E-state index in [-0.39, 0.29) is 24.8 Å². The number of benzene rings is 1. The number of carbonyl (C=O) groups excluding carboxylic acids is 2. The number of anilines is 1. The lowest BCUT2D eigenvalue weighted by Crippen LogP contribution is -2.34. The van der Waals surface area contributed by atoms with Crippen LogP contribution in [0.1, 0.15) is 18.9 Å². The summed E-state index contributed by atoms with van der Waals surface area (Å²) >= 11 is 0. The van der Waals surface area contributed by atoms with E-state index in [2.05, 4.69) is 10.3 Å². The molecule has 0 aliphatic carbocycles. The zero-order valence-electron chi connectivity index (χ0n) is 15.2. The number of rotatable bonds is 8. The molecule has 1 heterocycles. The van der Waals surface area contributed by atoms with Crippen molar-refractivity contribution in [1.82, 2.24) is 10.3 Å². The van der Waals surface area contributed by atoms with Gasteiger partial charge in [0.1, 0.15) is 11.5 Å². The zero-order valence-corrected chi connectivity index (χ0v) is 15.2. The second-order valence-electron chi connectivity index (χ2n) is 5.59. The highest BCUT2D eigenvalue weighted by Gasteiger charge is 2.18. The molecule has 7 heteroatoms. The average Bonchev–Trinajstić information content (AvgIpc) is 2.67. The number of pyridine rings is 1. The Balaban J connectivity index is 2.00. The number of methoxy groups -OCH3 is 2. The van der Waals surface area contributed by atoms with Crippen molar-refractivity contribution in [2.24, 2.45) is 0 Å². The van der Waals surface area contributed by atoms with E-state index in [1.807, 2.05) is 12.1 Å². The summed E-state index contributed by atoms with van der Waals surface area (Å²) in [5.74, 6) is 0.830. The van der Waals surface area contributed by atoms with Gasteiger partial charge in [-0.1, -0.05) is 0 Å². The largest absolute Gasteiger partial charge is 0.497 e. The van der Waals surface area contributed by atoms with Gasteiger partial charge in [-0.05, 0) is 29.8 Å². The van der Waals surface area contributed by atoms with E-state index >= 15 is 0 Å². The van der Waals surface area contributed by atoms with Crippen LogP contribution in [-0.2, 0) is 16.1 Å². The average molecular weight is 357 g/mol. The van der Waals surface area contributed by atoms with Gasteiger partial charge in [0.2, 0.25) is 11.8 Å². The van der Waals surface area contributed by atoms with Crippen LogP contribution in [0.5, 0.6) is 11.5 Å². The van der Waals surface area contributed by atoms with E-state index in [1.165, 1.54) is 18.9 Å². The number of nitrogens with one attached hydrogen (secondary N) is 1. The molecule has 0 fully saturated rings. The maximum atomic E-state index is 12.1. The van der Waals surface area contributed by atoms with Crippen LogP contribution >= 0.6 is 0 Å². The third kappa shape index (κ3) is 5.20. The monoisotopic (exact) mass is 357 g/mol. The Morgan fingerprint density at radius 2 is 1.85 bits per heavy atom. The molecule has 0 radical (unpaired) electrons. The number of carbonyl (C=O) groups is 2. The molecule has 0 spiro atoms. The number of hydrogen-bond donors (Lipinski definition) is 1. The quantitative estimate of drug-likeness (QED) is 0.783. The van der Waals surface area contributed by atoms with Gasteiger partial charge in [0.15, 0.2) is 0 Å². The van der Waals surface area contributed by atoms with E-state index in [9.17, 15) is 9.59 Å². The Hall–Kier alpha value is -3.09. The minimum atomic E-state index is -0.171. The minimum Gasteiger partial charge on any atom is -0.497 e. The van der Waals surface area contributed by atoms with Crippen LogP contribution in [-0.4, -0.2) is 37.6 Å². The highest BCUT2D eigenvalue weighted by Crippen LogP contribution is 2.32. The molecule has 0 saturated heterocycles. The van der Waals surface area contributed by atoms with Gasteiger partial charge < -0.3 is 19.7 Å². The molecule has 1 N–H and O–H groups in total. The molecule has 138 valence electrons. The van der Waals surface area contributed by atoms with E-state index in [1.54, 1.807) is 37.7 Å². The molecular weight excluding hydrogens is 334 g/mol. The fourth-order valence-electron chi connectivity index (χ4n) is 2.46. The third-order valence-electron chi connectivity index (χ3n) is 3.86. The van der Waals surface area contributed by atoms with E-state index in [4.69, 9.17) is 9.47 Å². The van der Waals surface area contributed by atoms with Gasteiger partial charge in [-0.2, -0.15) is 0 Å². The van der Waals surface area contributed by atoms with Crippen LogP contribution in [0.25, 0.3) is 0 Å². The van der Waals surface area contributed by atoms with Crippen molar-refractivity contribution in [3.8, 4) is 11.5 Å². The topological polar surface area (TPSA) is 80.8 Å². The molecule has 2 aromatic rings. The summed E-state index contributed by atoms with van der Waals surface area (Å²) in [6, 6.07) is 8.87. The lowest BCUT2D eigenvalue weighted by Gasteiger charge is -2.23. The van der Waals surface area contributed by atoms with Crippen LogP contribution in [0, 0.1) is 0 Å². The first-order chi connectivity index (χ1) is 12.5. The van der Waals surface area contributed by atoms with E-state index in [0.29, 0.717) is 23.7 Å². The highest BCUT2D eigenvalue weighted by molar-refractivity contribution is 5.94. The van der Waals surface area contributed by atoms with Crippen LogP contribution in [0.3, 0.4) is 0 Å². The van der Waals surface area contributed by atoms with Gasteiger partial charge >= 0.3 is 0 Å². The summed E-state index contributed by atoms with van der Waals surface area (Å²) in [5.41, 5.74) is 1.57. The van der Waals surface area contributed by atoms with Crippen LogP contribution < -0.4 is 19.7 Å². The van der Waals surface area contributed by atoms with Crippen LogP contribution in [0.4, 0.5) is 5.69 Å². The fourth-order valence-corrected chi connectivity index (χ4v) is 2.46. The summed E-state index contributed by atoms with van der Waals surface area (Å²) in [6.07, 6.45) is 3.53. The summed E-state index contributed by atoms with van der Waals surface area (Å²) in [6.45, 7) is 2.13. The fraction of sp³-hybridized carbons (Fsp3) is 0.316. The molecular formula is C19H23N3O4. The van der Waals surface area contributed by atoms with Crippen molar-refractivity contribution < 1.29 is 19.1 Å². The van der Waals surface area contributed by atoms with E-state index < -0.39 is 0 Å². The second-order valence-corrected chi connectivity index (χ2v) is 5.59. The van der Waals surface area contributed by atoms with Gasteiger partial charge in [0.25, 0.3) is 0 Å². The summed E-state index contributed by atoms with van der Waals surface area (Å²) in [4.78, 5) is 29.6. The van der Waals surface area contributed by atoms with Gasteiger partial charge in [0, 0.05) is 44.9 Å². The minimum absolute atomic E-state index is 0.138. The molecule has 0 unspecified atom stereocenters. The zero-order chi connectivity index (χ0) is 18.9. The Labute approximate surface area is 152 Å². The Kier molecular flexibility index (Phi) is 6.96. The molecule has 2 rings (SSSR count). The van der Waals surface area contributed by atoms with Gasteiger partial charge in [0.05, 0.1) is 19.9 Å². The molecule has 1 aromatic carbocycles.